The Bertz CT molecular complexity index is 927. The van der Waals surface area contributed by atoms with Crippen molar-refractivity contribution in [1.29, 1.82) is 0 Å². The molecule has 0 spiro atoms. The largest absolute Gasteiger partial charge is 0.383 e. The fourth-order valence-electron chi connectivity index (χ4n) is 3.99. The highest BCUT2D eigenvalue weighted by molar-refractivity contribution is 5.54. The van der Waals surface area contributed by atoms with Gasteiger partial charge in [-0.25, -0.2) is 0 Å². The Hall–Kier alpha value is -3.32. The average molecular weight is 364 g/mol. The van der Waals surface area contributed by atoms with E-state index in [1.807, 2.05) is 0 Å². The second-order valence-corrected chi connectivity index (χ2v) is 7.07. The summed E-state index contributed by atoms with van der Waals surface area (Å²) in [6.07, 6.45) is 11.9. The number of benzene rings is 3. The molecule has 0 bridgehead atoms. The van der Waals surface area contributed by atoms with Crippen LogP contribution in [0.4, 0.5) is 5.69 Å². The average Bonchev–Trinajstić information content (AvgIpc) is 3.07. The lowest BCUT2D eigenvalue weighted by Crippen LogP contribution is -2.38. The highest BCUT2D eigenvalue weighted by atomic mass is 14.9. The van der Waals surface area contributed by atoms with Crippen LogP contribution < -0.4 is 5.32 Å². The third-order valence-corrected chi connectivity index (χ3v) is 5.41. The van der Waals surface area contributed by atoms with Crippen LogP contribution in [0.25, 0.3) is 0 Å². The van der Waals surface area contributed by atoms with E-state index in [0.717, 1.165) is 18.7 Å². The van der Waals surface area contributed by atoms with Crippen LogP contribution in [0.2, 0.25) is 0 Å². The number of hydrogen-bond donors (Lipinski definition) is 1. The summed E-state index contributed by atoms with van der Waals surface area (Å²) in [5.41, 5.74) is 4.88. The zero-order valence-electron chi connectivity index (χ0n) is 16.0. The summed E-state index contributed by atoms with van der Waals surface area (Å²) in [5.74, 6) is 0. The molecule has 0 saturated heterocycles. The number of anilines is 1. The van der Waals surface area contributed by atoms with Crippen molar-refractivity contribution in [1.82, 2.24) is 0 Å². The van der Waals surface area contributed by atoms with Crippen molar-refractivity contribution in [3.8, 4) is 0 Å². The van der Waals surface area contributed by atoms with Gasteiger partial charge in [0, 0.05) is 12.2 Å². The van der Waals surface area contributed by atoms with Crippen LogP contribution in [0.5, 0.6) is 0 Å². The molecule has 0 amide bonds. The normalized spacial score (nSPS) is 13.6. The van der Waals surface area contributed by atoms with Gasteiger partial charge in [0.1, 0.15) is 0 Å². The fraction of sp³-hybridized carbons (Fsp3) is 0.111. The van der Waals surface area contributed by atoms with E-state index in [0.29, 0.717) is 0 Å². The molecule has 1 nitrogen and oxygen atoms in total. The van der Waals surface area contributed by atoms with E-state index in [1.165, 1.54) is 16.7 Å². The molecule has 0 unspecified atom stereocenters. The smallest absolute Gasteiger partial charge is 0.0589 e. The summed E-state index contributed by atoms with van der Waals surface area (Å²) in [4.78, 5) is 0. The lowest BCUT2D eigenvalue weighted by atomic mass is 9.67. The summed E-state index contributed by atoms with van der Waals surface area (Å²) in [6.45, 7) is 0.790. The molecule has 3 aromatic rings. The number of hydrogen-bond acceptors (Lipinski definition) is 1. The van der Waals surface area contributed by atoms with Crippen molar-refractivity contribution in [3.63, 3.8) is 0 Å². The van der Waals surface area contributed by atoms with E-state index >= 15 is 0 Å². The zero-order valence-corrected chi connectivity index (χ0v) is 16.0. The van der Waals surface area contributed by atoms with E-state index in [-0.39, 0.29) is 5.41 Å². The van der Waals surface area contributed by atoms with Crippen LogP contribution in [0, 0.1) is 0 Å². The highest BCUT2D eigenvalue weighted by Gasteiger charge is 2.37. The van der Waals surface area contributed by atoms with Gasteiger partial charge in [-0.05, 0) is 35.3 Å². The maximum Gasteiger partial charge on any atom is 0.0589 e. The maximum atomic E-state index is 3.71. The number of rotatable bonds is 6. The second kappa shape index (κ2) is 8.58. The molecule has 0 heterocycles. The summed E-state index contributed by atoms with van der Waals surface area (Å²) in [5, 5.41) is 3.71. The third-order valence-electron chi connectivity index (χ3n) is 5.41. The van der Waals surface area contributed by atoms with Gasteiger partial charge >= 0.3 is 0 Å². The molecule has 1 aliphatic rings. The first kappa shape index (κ1) is 18.1. The van der Waals surface area contributed by atoms with E-state index in [2.05, 4.69) is 127 Å². The molecule has 1 heteroatoms. The van der Waals surface area contributed by atoms with Crippen LogP contribution in [0.1, 0.15) is 17.5 Å². The molecule has 1 aliphatic carbocycles. The minimum absolute atomic E-state index is 0.253. The molecule has 3 aromatic carbocycles. The Labute approximate surface area is 167 Å². The quantitative estimate of drug-likeness (QED) is 0.525. The maximum absolute atomic E-state index is 3.71. The van der Waals surface area contributed by atoms with E-state index in [4.69, 9.17) is 0 Å². The fourth-order valence-corrected chi connectivity index (χ4v) is 3.99. The molecule has 4 rings (SSSR count). The minimum atomic E-state index is -0.253. The van der Waals surface area contributed by atoms with Crippen molar-refractivity contribution in [2.45, 2.75) is 11.8 Å². The predicted octanol–water partition coefficient (Wildman–Crippen LogP) is 6.53. The Morgan fingerprint density at radius 3 is 1.82 bits per heavy atom. The first-order chi connectivity index (χ1) is 13.9. The van der Waals surface area contributed by atoms with Gasteiger partial charge in [-0.1, -0.05) is 109 Å². The number of allylic oxidation sites excluding steroid dienone is 5. The van der Waals surface area contributed by atoms with Gasteiger partial charge in [-0.2, -0.15) is 0 Å². The highest BCUT2D eigenvalue weighted by Crippen LogP contribution is 2.41. The van der Waals surface area contributed by atoms with Crippen molar-refractivity contribution < 1.29 is 0 Å². The molecule has 1 N–H and O–H groups in total. The molecule has 0 saturated carbocycles. The van der Waals surface area contributed by atoms with Crippen molar-refractivity contribution in [3.05, 3.63) is 138 Å². The van der Waals surface area contributed by atoms with Crippen LogP contribution >= 0.6 is 0 Å². The predicted molar refractivity (Wildman–Crippen MR) is 120 cm³/mol. The van der Waals surface area contributed by atoms with Gasteiger partial charge in [0.05, 0.1) is 5.41 Å². The molecular weight excluding hydrogens is 338 g/mol. The molecule has 0 atom stereocenters. The van der Waals surface area contributed by atoms with E-state index in [1.54, 1.807) is 0 Å². The van der Waals surface area contributed by atoms with E-state index in [9.17, 15) is 0 Å². The lowest BCUT2D eigenvalue weighted by Gasteiger charge is -2.38. The molecule has 28 heavy (non-hydrogen) atoms. The molecule has 0 fully saturated rings. The Balaban J connectivity index is 1.87. The topological polar surface area (TPSA) is 12.0 Å². The standard InChI is InChI=1S/C27H25N/c1-2-7-15-23(14-6-1)27(24-16-8-3-9-17-24,25-18-10-4-11-19-25)22-28-26-20-12-5-13-21-26/h1-14,16-21,28H,15,22H2. The lowest BCUT2D eigenvalue weighted by molar-refractivity contribution is 0.622. The third kappa shape index (κ3) is 3.70. The van der Waals surface area contributed by atoms with Crippen molar-refractivity contribution >= 4 is 5.69 Å². The van der Waals surface area contributed by atoms with Crippen LogP contribution in [0.15, 0.2) is 127 Å². The summed E-state index contributed by atoms with van der Waals surface area (Å²) >= 11 is 0. The van der Waals surface area contributed by atoms with Crippen LogP contribution in [-0.4, -0.2) is 6.54 Å². The first-order valence-corrected chi connectivity index (χ1v) is 9.82. The van der Waals surface area contributed by atoms with Gasteiger partial charge in [-0.15, -0.1) is 0 Å². The Morgan fingerprint density at radius 1 is 0.643 bits per heavy atom. The molecular formula is C27H25N. The number of para-hydroxylation sites is 1. The van der Waals surface area contributed by atoms with Crippen LogP contribution in [0.3, 0.4) is 0 Å². The SMILES string of the molecule is C1=CC=C(C(CNc2ccccc2)(c2ccccc2)c2ccccc2)CC=C1. The number of nitrogens with one attached hydrogen (secondary N) is 1. The van der Waals surface area contributed by atoms with Crippen molar-refractivity contribution in [2.75, 3.05) is 11.9 Å². The second-order valence-electron chi connectivity index (χ2n) is 7.07. The van der Waals surface area contributed by atoms with Crippen LogP contribution in [-0.2, 0) is 5.41 Å². The molecule has 0 aliphatic heterocycles. The summed E-state index contributed by atoms with van der Waals surface area (Å²) in [6, 6.07) is 32.2. The zero-order chi connectivity index (χ0) is 19.1. The van der Waals surface area contributed by atoms with Gasteiger partial charge < -0.3 is 5.32 Å². The Kier molecular flexibility index (Phi) is 5.53. The molecule has 0 radical (unpaired) electrons. The van der Waals surface area contributed by atoms with Gasteiger partial charge in [0.15, 0.2) is 0 Å². The summed E-state index contributed by atoms with van der Waals surface area (Å²) < 4.78 is 0. The molecule has 0 aromatic heterocycles. The van der Waals surface area contributed by atoms with Crippen molar-refractivity contribution in [2.24, 2.45) is 0 Å². The minimum Gasteiger partial charge on any atom is -0.383 e. The Morgan fingerprint density at radius 2 is 1.21 bits per heavy atom. The molecule has 138 valence electrons. The van der Waals surface area contributed by atoms with Gasteiger partial charge in [0.25, 0.3) is 0 Å². The van der Waals surface area contributed by atoms with E-state index < -0.39 is 0 Å². The van der Waals surface area contributed by atoms with Gasteiger partial charge in [-0.3, -0.25) is 0 Å². The monoisotopic (exact) mass is 363 g/mol. The van der Waals surface area contributed by atoms with Gasteiger partial charge in [0.2, 0.25) is 0 Å². The first-order valence-electron chi connectivity index (χ1n) is 9.82. The summed E-state index contributed by atoms with van der Waals surface area (Å²) in [7, 11) is 0.